The first-order valence-corrected chi connectivity index (χ1v) is 6.99. The fourth-order valence-electron chi connectivity index (χ4n) is 3.72. The van der Waals surface area contributed by atoms with E-state index in [-0.39, 0.29) is 0 Å². The first-order valence-electron chi connectivity index (χ1n) is 6.99. The van der Waals surface area contributed by atoms with Gasteiger partial charge in [0.2, 0.25) is 0 Å². The number of rotatable bonds is 3. The van der Waals surface area contributed by atoms with Crippen molar-refractivity contribution in [1.82, 2.24) is 14.5 Å². The largest absolute Gasteiger partial charge is 0.336 e. The van der Waals surface area contributed by atoms with E-state index in [2.05, 4.69) is 21.4 Å². The molecule has 0 aromatic carbocycles. The molecule has 18 heavy (non-hydrogen) atoms. The molecule has 0 amide bonds. The molecule has 0 radical (unpaired) electrons. The van der Waals surface area contributed by atoms with E-state index in [4.69, 9.17) is 0 Å². The lowest BCUT2D eigenvalue weighted by molar-refractivity contribution is -0.128. The van der Waals surface area contributed by atoms with Crippen LogP contribution in [0.3, 0.4) is 0 Å². The summed E-state index contributed by atoms with van der Waals surface area (Å²) in [6, 6.07) is 1.47. The third-order valence-corrected chi connectivity index (χ3v) is 4.39. The molecular weight excluding hydrogens is 226 g/mol. The Morgan fingerprint density at radius 2 is 2.11 bits per heavy atom. The topological polar surface area (TPSA) is 38.1 Å². The zero-order chi connectivity index (χ0) is 12.5. The summed E-state index contributed by atoms with van der Waals surface area (Å²) in [6.45, 7) is 3.25. The summed E-state index contributed by atoms with van der Waals surface area (Å²) in [4.78, 5) is 18.4. The van der Waals surface area contributed by atoms with Crippen molar-refractivity contribution in [2.45, 2.75) is 63.7 Å². The molecule has 2 aliphatic heterocycles. The van der Waals surface area contributed by atoms with E-state index in [0.29, 0.717) is 23.9 Å². The summed E-state index contributed by atoms with van der Waals surface area (Å²) in [7, 11) is 0. The van der Waals surface area contributed by atoms with Crippen molar-refractivity contribution < 1.29 is 4.79 Å². The second-order valence-electron chi connectivity index (χ2n) is 5.74. The Hall–Kier alpha value is -1.16. The fourth-order valence-corrected chi connectivity index (χ4v) is 3.72. The number of carbonyl (C=O) groups excluding carboxylic acids is 1. The monoisotopic (exact) mass is 247 g/mol. The molecule has 4 nitrogen and oxygen atoms in total. The van der Waals surface area contributed by atoms with Crippen molar-refractivity contribution in [2.24, 2.45) is 0 Å². The predicted octanol–water partition coefficient (Wildman–Crippen LogP) is 1.86. The number of hydrogen-bond acceptors (Lipinski definition) is 3. The number of Topliss-reactive ketones (excluding diaryl/α,β-unsaturated/α-hetero) is 1. The van der Waals surface area contributed by atoms with Crippen LogP contribution in [0.15, 0.2) is 18.7 Å². The van der Waals surface area contributed by atoms with Gasteiger partial charge in [0.25, 0.3) is 0 Å². The van der Waals surface area contributed by atoms with Crippen LogP contribution in [0.4, 0.5) is 0 Å². The van der Waals surface area contributed by atoms with Crippen molar-refractivity contribution in [3.63, 3.8) is 0 Å². The Bertz CT molecular complexity index is 399. The number of aromatic nitrogens is 2. The third kappa shape index (κ3) is 2.21. The van der Waals surface area contributed by atoms with Crippen LogP contribution in [-0.4, -0.2) is 38.4 Å². The van der Waals surface area contributed by atoms with Crippen molar-refractivity contribution >= 4 is 5.78 Å². The van der Waals surface area contributed by atoms with Gasteiger partial charge in [-0.1, -0.05) is 6.42 Å². The quantitative estimate of drug-likeness (QED) is 0.818. The van der Waals surface area contributed by atoms with Gasteiger partial charge in [0.1, 0.15) is 5.78 Å². The van der Waals surface area contributed by atoms with Crippen LogP contribution in [0.2, 0.25) is 0 Å². The van der Waals surface area contributed by atoms with Gasteiger partial charge in [0.15, 0.2) is 0 Å². The van der Waals surface area contributed by atoms with E-state index in [9.17, 15) is 4.79 Å². The lowest BCUT2D eigenvalue weighted by Gasteiger charge is -2.48. The van der Waals surface area contributed by atoms with Crippen LogP contribution < -0.4 is 0 Å². The highest BCUT2D eigenvalue weighted by atomic mass is 16.1. The van der Waals surface area contributed by atoms with Crippen LogP contribution in [0.1, 0.15) is 39.0 Å². The van der Waals surface area contributed by atoms with Gasteiger partial charge in [0, 0.05) is 49.9 Å². The molecular formula is C14H21N3O. The minimum Gasteiger partial charge on any atom is -0.336 e. The molecule has 3 unspecified atom stereocenters. The molecule has 0 saturated carbocycles. The van der Waals surface area contributed by atoms with Gasteiger partial charge in [-0.25, -0.2) is 4.98 Å². The van der Waals surface area contributed by atoms with E-state index in [0.717, 1.165) is 19.4 Å². The summed E-state index contributed by atoms with van der Waals surface area (Å²) in [6.07, 6.45) is 10.9. The van der Waals surface area contributed by atoms with E-state index in [1.165, 1.54) is 19.3 Å². The van der Waals surface area contributed by atoms with Gasteiger partial charge in [-0.05, 0) is 19.8 Å². The summed E-state index contributed by atoms with van der Waals surface area (Å²) in [5.74, 6) is 0.468. The number of nitrogens with zero attached hydrogens (tertiary/aromatic N) is 3. The number of hydrogen-bond donors (Lipinski definition) is 0. The van der Waals surface area contributed by atoms with Crippen LogP contribution in [-0.2, 0) is 11.3 Å². The van der Waals surface area contributed by atoms with Crippen LogP contribution >= 0.6 is 0 Å². The average molecular weight is 247 g/mol. The van der Waals surface area contributed by atoms with Crippen LogP contribution in [0, 0.1) is 0 Å². The number of ketones is 1. The van der Waals surface area contributed by atoms with Crippen LogP contribution in [0.25, 0.3) is 0 Å². The number of carbonyl (C=O) groups is 1. The molecule has 0 N–H and O–H groups in total. The van der Waals surface area contributed by atoms with Crippen molar-refractivity contribution in [2.75, 3.05) is 0 Å². The average Bonchev–Trinajstić information content (AvgIpc) is 2.80. The van der Waals surface area contributed by atoms with Crippen molar-refractivity contribution in [1.29, 1.82) is 0 Å². The van der Waals surface area contributed by atoms with Crippen LogP contribution in [0.5, 0.6) is 0 Å². The third-order valence-electron chi connectivity index (χ3n) is 4.39. The zero-order valence-electron chi connectivity index (χ0n) is 11.0. The minimum absolute atomic E-state index is 0.468. The summed E-state index contributed by atoms with van der Waals surface area (Å²) in [5, 5.41) is 0. The van der Waals surface area contributed by atoms with Gasteiger partial charge in [-0.3, -0.25) is 9.69 Å². The summed E-state index contributed by atoms with van der Waals surface area (Å²) in [5.41, 5.74) is 0. The SMILES string of the molecule is CC(Cn1ccnc1)N1C2CCCC1CC(=O)C2. The Morgan fingerprint density at radius 1 is 1.39 bits per heavy atom. The molecule has 1 aromatic heterocycles. The first kappa shape index (κ1) is 11.9. The van der Waals surface area contributed by atoms with Gasteiger partial charge in [-0.2, -0.15) is 0 Å². The number of fused-ring (bicyclic) bond motifs is 2. The Morgan fingerprint density at radius 3 is 2.72 bits per heavy atom. The molecule has 0 aliphatic carbocycles. The maximum absolute atomic E-state index is 11.7. The Labute approximate surface area is 108 Å². The fraction of sp³-hybridized carbons (Fsp3) is 0.714. The Kier molecular flexibility index (Phi) is 3.20. The maximum Gasteiger partial charge on any atom is 0.136 e. The van der Waals surface area contributed by atoms with E-state index >= 15 is 0 Å². The van der Waals surface area contributed by atoms with Gasteiger partial charge < -0.3 is 4.57 Å². The van der Waals surface area contributed by atoms with Gasteiger partial charge in [0.05, 0.1) is 6.33 Å². The second-order valence-corrected chi connectivity index (χ2v) is 5.74. The molecule has 3 atom stereocenters. The predicted molar refractivity (Wildman–Crippen MR) is 69.2 cm³/mol. The highest BCUT2D eigenvalue weighted by Crippen LogP contribution is 2.34. The molecule has 2 bridgehead atoms. The summed E-state index contributed by atoms with van der Waals surface area (Å²) >= 11 is 0. The molecule has 2 aliphatic rings. The molecule has 4 heteroatoms. The number of imidazole rings is 1. The van der Waals surface area contributed by atoms with Crippen molar-refractivity contribution in [3.05, 3.63) is 18.7 Å². The van der Waals surface area contributed by atoms with E-state index in [1.54, 1.807) is 0 Å². The first-order chi connectivity index (χ1) is 8.74. The highest BCUT2D eigenvalue weighted by Gasteiger charge is 2.39. The van der Waals surface area contributed by atoms with Crippen molar-refractivity contribution in [3.8, 4) is 0 Å². The molecule has 2 fully saturated rings. The molecule has 3 rings (SSSR count). The minimum atomic E-state index is 0.468. The molecule has 3 heterocycles. The standard InChI is InChI=1S/C14H21N3O/c1-11(9-16-6-5-15-10-16)17-12-3-2-4-13(17)8-14(18)7-12/h5-6,10-13H,2-4,7-9H2,1H3. The molecule has 1 aromatic rings. The van der Waals surface area contributed by atoms with Gasteiger partial charge in [-0.15, -0.1) is 0 Å². The molecule has 98 valence electrons. The molecule has 0 spiro atoms. The lowest BCUT2D eigenvalue weighted by Crippen LogP contribution is -2.56. The molecule has 2 saturated heterocycles. The highest BCUT2D eigenvalue weighted by molar-refractivity contribution is 5.80. The second kappa shape index (κ2) is 4.84. The Balaban J connectivity index is 1.72. The van der Waals surface area contributed by atoms with E-state index in [1.807, 2.05) is 18.7 Å². The lowest BCUT2D eigenvalue weighted by atomic mass is 9.82. The normalized spacial score (nSPS) is 30.4. The van der Waals surface area contributed by atoms with Gasteiger partial charge >= 0.3 is 0 Å². The zero-order valence-corrected chi connectivity index (χ0v) is 11.0. The number of piperidine rings is 2. The smallest absolute Gasteiger partial charge is 0.136 e. The maximum atomic E-state index is 11.7. The van der Waals surface area contributed by atoms with E-state index < -0.39 is 0 Å². The summed E-state index contributed by atoms with van der Waals surface area (Å²) < 4.78 is 2.14.